The molecule has 0 spiro atoms. The van der Waals surface area contributed by atoms with Gasteiger partial charge in [0.15, 0.2) is 10.9 Å². The van der Waals surface area contributed by atoms with Gasteiger partial charge in [-0.3, -0.25) is 14.2 Å². The molecular formula is C24H17Cl2F3N4O6. The van der Waals surface area contributed by atoms with E-state index >= 15 is 0 Å². The molecule has 2 aromatic carbocycles. The second-order valence-electron chi connectivity index (χ2n) is 8.35. The predicted molar refractivity (Wildman–Crippen MR) is 133 cm³/mol. The summed E-state index contributed by atoms with van der Waals surface area (Å²) in [6, 6.07) is 7.99. The minimum atomic E-state index is -4.81. The Morgan fingerprint density at radius 1 is 1.08 bits per heavy atom. The molecule has 0 saturated carbocycles. The Morgan fingerprint density at radius 2 is 1.74 bits per heavy atom. The number of anilines is 1. The van der Waals surface area contributed by atoms with Crippen molar-refractivity contribution in [3.8, 4) is 5.75 Å². The Kier molecular flexibility index (Phi) is 7.31. The number of aromatic hydroxyl groups is 1. The highest BCUT2D eigenvalue weighted by molar-refractivity contribution is 6.36. The summed E-state index contributed by atoms with van der Waals surface area (Å²) in [5.74, 6) is -6.25. The molecule has 0 aliphatic carbocycles. The number of halogens is 5. The summed E-state index contributed by atoms with van der Waals surface area (Å²) in [5, 5.41) is 40.8. The molecule has 204 valence electrons. The molecule has 0 unspecified atom stereocenters. The lowest BCUT2D eigenvalue weighted by molar-refractivity contribution is -0.330. The van der Waals surface area contributed by atoms with E-state index in [0.717, 1.165) is 24.3 Å². The number of carbonyl (C=O) groups excluding carboxylic acids is 1. The number of hydrogen-bond donors (Lipinski definition) is 5. The highest BCUT2D eigenvalue weighted by Gasteiger charge is 2.35. The Balaban J connectivity index is 1.93. The van der Waals surface area contributed by atoms with Crippen molar-refractivity contribution < 1.29 is 38.4 Å². The zero-order valence-electron chi connectivity index (χ0n) is 19.6. The number of nitrogens with one attached hydrogen (secondary N) is 1. The van der Waals surface area contributed by atoms with E-state index in [1.807, 2.05) is 0 Å². The average molecular weight is 585 g/mol. The fourth-order valence-electron chi connectivity index (χ4n) is 3.85. The van der Waals surface area contributed by atoms with E-state index in [4.69, 9.17) is 23.2 Å². The van der Waals surface area contributed by atoms with Crippen LogP contribution in [0.25, 0.3) is 10.9 Å². The van der Waals surface area contributed by atoms with Crippen molar-refractivity contribution in [2.75, 3.05) is 5.32 Å². The van der Waals surface area contributed by atoms with Gasteiger partial charge >= 0.3 is 12.1 Å². The molecule has 10 nitrogen and oxygen atoms in total. The van der Waals surface area contributed by atoms with E-state index in [-0.39, 0.29) is 27.3 Å². The van der Waals surface area contributed by atoms with Crippen molar-refractivity contribution in [2.24, 2.45) is 0 Å². The molecule has 5 N–H and O–H groups in total. The predicted octanol–water partition coefficient (Wildman–Crippen LogP) is 3.52. The topological polar surface area (TPSA) is 158 Å². The van der Waals surface area contributed by atoms with Crippen molar-refractivity contribution in [1.29, 1.82) is 0 Å². The largest absolute Gasteiger partial charge is 0.504 e. The second kappa shape index (κ2) is 10.1. The van der Waals surface area contributed by atoms with Gasteiger partial charge in [-0.25, -0.2) is 9.97 Å². The van der Waals surface area contributed by atoms with E-state index in [1.165, 1.54) is 25.1 Å². The van der Waals surface area contributed by atoms with Gasteiger partial charge in [-0.15, -0.1) is 0 Å². The number of rotatable bonds is 5. The van der Waals surface area contributed by atoms with Crippen molar-refractivity contribution in [1.82, 2.24) is 14.5 Å². The number of aryl methyl sites for hydroxylation is 1. The van der Waals surface area contributed by atoms with E-state index < -0.39 is 58.0 Å². The van der Waals surface area contributed by atoms with E-state index in [0.29, 0.717) is 10.1 Å². The number of hydrogen-bond acceptors (Lipinski definition) is 8. The number of benzene rings is 2. The van der Waals surface area contributed by atoms with Gasteiger partial charge in [-0.1, -0.05) is 47.5 Å². The SMILES string of the molecule is Cc1ccc(NC(=O)c2cc(Cl)c(O)c(Cl)n2)c2c(=O)n(Cc3ccccc3C(F)(F)F)c(C(O)(O)O)nc12. The lowest BCUT2D eigenvalue weighted by atomic mass is 10.1. The molecule has 15 heteroatoms. The molecule has 2 heterocycles. The van der Waals surface area contributed by atoms with E-state index in [9.17, 15) is 43.2 Å². The second-order valence-corrected chi connectivity index (χ2v) is 9.12. The number of pyridine rings is 1. The molecule has 0 aliphatic heterocycles. The molecular weight excluding hydrogens is 568 g/mol. The zero-order valence-corrected chi connectivity index (χ0v) is 21.1. The summed E-state index contributed by atoms with van der Waals surface area (Å²) in [4.78, 5) is 34.2. The van der Waals surface area contributed by atoms with Crippen molar-refractivity contribution >= 4 is 45.7 Å². The standard InChI is InChI=1S/C24H17Cl2F3N4O6/c1-10-6-7-14(31-20(35)15-8-13(25)18(34)19(26)30-15)16-17(10)32-22(24(37,38)39)33(21(16)36)9-11-4-2-3-5-12(11)23(27,28)29/h2-8,34,37-39H,9H2,1H3,(H,31,35). The third kappa shape index (κ3) is 5.53. The summed E-state index contributed by atoms with van der Waals surface area (Å²) < 4.78 is 41.3. The highest BCUT2D eigenvalue weighted by atomic mass is 35.5. The van der Waals surface area contributed by atoms with Crippen LogP contribution in [0.4, 0.5) is 18.9 Å². The lowest BCUT2D eigenvalue weighted by Crippen LogP contribution is -2.37. The van der Waals surface area contributed by atoms with Gasteiger partial charge in [0.2, 0.25) is 5.82 Å². The van der Waals surface area contributed by atoms with Crippen LogP contribution in [0, 0.1) is 6.92 Å². The highest BCUT2D eigenvalue weighted by Crippen LogP contribution is 2.33. The van der Waals surface area contributed by atoms with E-state index in [1.54, 1.807) is 0 Å². The summed E-state index contributed by atoms with van der Waals surface area (Å²) in [6.45, 7) is 0.616. The molecule has 4 aromatic rings. The van der Waals surface area contributed by atoms with Gasteiger partial charge in [0, 0.05) is 0 Å². The summed E-state index contributed by atoms with van der Waals surface area (Å²) in [6.07, 6.45) is -4.81. The van der Waals surface area contributed by atoms with Crippen LogP contribution in [0.2, 0.25) is 10.2 Å². The lowest BCUT2D eigenvalue weighted by Gasteiger charge is -2.22. The molecule has 0 radical (unpaired) electrons. The maximum absolute atomic E-state index is 13.7. The first-order valence-corrected chi connectivity index (χ1v) is 11.6. The van der Waals surface area contributed by atoms with Crippen molar-refractivity contribution in [3.63, 3.8) is 0 Å². The van der Waals surface area contributed by atoms with Crippen LogP contribution in [0.3, 0.4) is 0 Å². The average Bonchev–Trinajstić information content (AvgIpc) is 2.84. The molecule has 0 aliphatic rings. The third-order valence-electron chi connectivity index (χ3n) is 5.65. The maximum Gasteiger partial charge on any atom is 0.416 e. The Morgan fingerprint density at radius 3 is 2.36 bits per heavy atom. The van der Waals surface area contributed by atoms with Gasteiger partial charge in [-0.2, -0.15) is 13.2 Å². The number of aliphatic hydroxyl groups is 3. The number of aromatic nitrogens is 3. The molecule has 0 bridgehead atoms. The summed E-state index contributed by atoms with van der Waals surface area (Å²) in [5.41, 5.74) is -3.07. The van der Waals surface area contributed by atoms with Crippen molar-refractivity contribution in [2.45, 2.75) is 25.6 Å². The van der Waals surface area contributed by atoms with Gasteiger partial charge in [0.25, 0.3) is 11.5 Å². The smallest absolute Gasteiger partial charge is 0.416 e. The molecule has 2 aromatic heterocycles. The van der Waals surface area contributed by atoms with Crippen LogP contribution < -0.4 is 10.9 Å². The van der Waals surface area contributed by atoms with Crippen molar-refractivity contribution in [3.05, 3.63) is 91.2 Å². The number of amides is 1. The first-order chi connectivity index (χ1) is 18.1. The molecule has 4 rings (SSSR count). The van der Waals surface area contributed by atoms with Crippen LogP contribution in [-0.4, -0.2) is 40.9 Å². The van der Waals surface area contributed by atoms with Crippen LogP contribution >= 0.6 is 23.2 Å². The number of fused-ring (bicyclic) bond motifs is 1. The van der Waals surface area contributed by atoms with Crippen LogP contribution in [-0.2, 0) is 18.7 Å². The fourth-order valence-corrected chi connectivity index (χ4v) is 4.28. The molecule has 39 heavy (non-hydrogen) atoms. The Bertz CT molecular complexity index is 1660. The maximum atomic E-state index is 13.7. The Hall–Kier alpha value is -3.75. The minimum Gasteiger partial charge on any atom is -0.504 e. The van der Waals surface area contributed by atoms with Crippen LogP contribution in [0.15, 0.2) is 47.3 Å². The van der Waals surface area contributed by atoms with Crippen LogP contribution in [0.1, 0.15) is 33.0 Å². The molecule has 0 fully saturated rings. The first kappa shape index (κ1) is 28.3. The van der Waals surface area contributed by atoms with Gasteiger partial charge < -0.3 is 25.7 Å². The first-order valence-electron chi connectivity index (χ1n) is 10.8. The number of carbonyl (C=O) groups is 1. The fraction of sp³-hybridized carbons (Fsp3) is 0.167. The molecule has 0 saturated heterocycles. The summed E-state index contributed by atoms with van der Waals surface area (Å²) in [7, 11) is 0. The van der Waals surface area contributed by atoms with Gasteiger partial charge in [-0.05, 0) is 36.2 Å². The zero-order chi connectivity index (χ0) is 28.9. The minimum absolute atomic E-state index is 0.177. The monoisotopic (exact) mass is 584 g/mol. The molecule has 1 amide bonds. The normalized spacial score (nSPS) is 12.1. The molecule has 0 atom stereocenters. The third-order valence-corrected chi connectivity index (χ3v) is 6.20. The van der Waals surface area contributed by atoms with Gasteiger partial charge in [0.1, 0.15) is 5.69 Å². The summed E-state index contributed by atoms with van der Waals surface area (Å²) >= 11 is 11.6. The van der Waals surface area contributed by atoms with Crippen LogP contribution in [0.5, 0.6) is 5.75 Å². The van der Waals surface area contributed by atoms with Gasteiger partial charge in [0.05, 0.1) is 33.7 Å². The number of alkyl halides is 3. The Labute approximate surface area is 226 Å². The van der Waals surface area contributed by atoms with E-state index in [2.05, 4.69) is 15.3 Å². The number of nitrogens with zero attached hydrogens (tertiary/aromatic N) is 3. The quantitative estimate of drug-likeness (QED) is 0.176.